The van der Waals surface area contributed by atoms with Gasteiger partial charge in [-0.1, -0.05) is 18.2 Å². The number of aryl methyl sites for hydroxylation is 2. The number of aromatic nitrogens is 1. The van der Waals surface area contributed by atoms with E-state index in [1.165, 1.54) is 12.0 Å². The van der Waals surface area contributed by atoms with E-state index in [-0.39, 0.29) is 18.1 Å². The lowest BCUT2D eigenvalue weighted by Gasteiger charge is -2.26. The summed E-state index contributed by atoms with van der Waals surface area (Å²) in [6.45, 7) is 7.64. The molecule has 2 aromatic rings. The van der Waals surface area contributed by atoms with Crippen LogP contribution in [0.1, 0.15) is 56.0 Å². The van der Waals surface area contributed by atoms with Crippen molar-refractivity contribution >= 4 is 17.9 Å². The number of nitrogens with one attached hydrogen (secondary N) is 1. The third-order valence-corrected chi connectivity index (χ3v) is 8.15. The minimum atomic E-state index is -0.925. The lowest BCUT2D eigenvalue weighted by atomic mass is 10.0. The van der Waals surface area contributed by atoms with Crippen LogP contribution in [0.2, 0.25) is 0 Å². The number of esters is 1. The summed E-state index contributed by atoms with van der Waals surface area (Å²) in [5, 5.41) is 13.3. The second kappa shape index (κ2) is 11.9. The van der Waals surface area contributed by atoms with Gasteiger partial charge in [0.1, 0.15) is 11.6 Å². The number of fused-ring (bicyclic) bond motifs is 2. The first-order chi connectivity index (χ1) is 18.8. The van der Waals surface area contributed by atoms with Gasteiger partial charge in [0.25, 0.3) is 0 Å². The summed E-state index contributed by atoms with van der Waals surface area (Å²) in [6.07, 6.45) is 3.05. The molecule has 1 amide bonds. The predicted molar refractivity (Wildman–Crippen MR) is 148 cm³/mol. The highest BCUT2D eigenvalue weighted by atomic mass is 16.5. The maximum Gasteiger partial charge on any atom is 0.413 e. The second-order valence-electron chi connectivity index (χ2n) is 11.3. The quantitative estimate of drug-likeness (QED) is 0.415. The third kappa shape index (κ3) is 6.53. The van der Waals surface area contributed by atoms with Crippen molar-refractivity contribution in [1.82, 2.24) is 15.2 Å². The third-order valence-electron chi connectivity index (χ3n) is 8.15. The van der Waals surface area contributed by atoms with Crippen LogP contribution in [0, 0.1) is 11.8 Å². The standard InChI is InChI=1S/C30H40N4O5/c1-19(2)39-23-12-9-20(10-13-23)26(16-27(35)38-3)32-28-24-17-33(18-25(24)28)14-5-7-22-11-8-21-6-4-15-34(30(36)37)29(21)31-22/h8-13,19,24-26,28,32H,4-7,14-18H2,1-3H3,(H,36,37)/t24-,25+,26?,28-. The molecule has 2 aliphatic heterocycles. The summed E-state index contributed by atoms with van der Waals surface area (Å²) in [6, 6.07) is 12.4. The van der Waals surface area contributed by atoms with Crippen molar-refractivity contribution in [2.45, 2.75) is 64.1 Å². The van der Waals surface area contributed by atoms with Crippen LogP contribution >= 0.6 is 0 Å². The first kappa shape index (κ1) is 27.4. The monoisotopic (exact) mass is 536 g/mol. The lowest BCUT2D eigenvalue weighted by Crippen LogP contribution is -2.35. The number of likely N-dealkylation sites (tertiary alicyclic amines) is 1. The number of methoxy groups -OCH3 is 1. The van der Waals surface area contributed by atoms with Gasteiger partial charge < -0.3 is 24.8 Å². The predicted octanol–water partition coefficient (Wildman–Crippen LogP) is 4.06. The number of rotatable bonds is 11. The van der Waals surface area contributed by atoms with Crippen LogP contribution in [0.15, 0.2) is 36.4 Å². The van der Waals surface area contributed by atoms with E-state index in [9.17, 15) is 14.7 Å². The lowest BCUT2D eigenvalue weighted by molar-refractivity contribution is -0.141. The Kier molecular flexibility index (Phi) is 8.37. The van der Waals surface area contributed by atoms with Crippen LogP contribution in [0.25, 0.3) is 0 Å². The van der Waals surface area contributed by atoms with E-state index >= 15 is 0 Å². The number of pyridine rings is 1. The molecule has 0 bridgehead atoms. The molecule has 2 N–H and O–H groups in total. The molecule has 4 atom stereocenters. The molecule has 1 saturated heterocycles. The largest absolute Gasteiger partial charge is 0.491 e. The van der Waals surface area contributed by atoms with Crippen molar-refractivity contribution in [3.8, 4) is 5.75 Å². The zero-order valence-electron chi connectivity index (χ0n) is 23.1. The first-order valence-corrected chi connectivity index (χ1v) is 14.1. The summed E-state index contributed by atoms with van der Waals surface area (Å²) in [7, 11) is 1.44. The molecule has 3 heterocycles. The Morgan fingerprint density at radius 2 is 1.87 bits per heavy atom. The number of benzene rings is 1. The van der Waals surface area contributed by atoms with Crippen LogP contribution < -0.4 is 15.0 Å². The molecule has 3 aliphatic rings. The van der Waals surface area contributed by atoms with Crippen molar-refractivity contribution in [1.29, 1.82) is 0 Å². The van der Waals surface area contributed by atoms with Crippen molar-refractivity contribution < 1.29 is 24.2 Å². The Morgan fingerprint density at radius 3 is 2.54 bits per heavy atom. The van der Waals surface area contributed by atoms with Gasteiger partial charge in [-0.25, -0.2) is 9.78 Å². The zero-order valence-corrected chi connectivity index (χ0v) is 23.1. The molecule has 9 nitrogen and oxygen atoms in total. The second-order valence-corrected chi connectivity index (χ2v) is 11.3. The maximum atomic E-state index is 12.1. The van der Waals surface area contributed by atoms with Gasteiger partial charge >= 0.3 is 12.1 Å². The van der Waals surface area contributed by atoms with Crippen LogP contribution in [-0.2, 0) is 22.4 Å². The Hall–Kier alpha value is -3.17. The van der Waals surface area contributed by atoms with Crippen LogP contribution in [0.5, 0.6) is 5.75 Å². The number of amides is 1. The zero-order chi connectivity index (χ0) is 27.5. The van der Waals surface area contributed by atoms with Gasteiger partial charge in [-0.05, 0) is 87.2 Å². The van der Waals surface area contributed by atoms with E-state index in [0.717, 1.165) is 67.9 Å². The SMILES string of the molecule is COC(=O)CC(N[C@@H]1[C@@H]2CN(CCCc3ccc4c(n3)N(C(=O)O)CCC4)C[C@@H]21)c1ccc(OC(C)C)cc1. The van der Waals surface area contributed by atoms with Crippen molar-refractivity contribution in [3.05, 3.63) is 53.2 Å². The summed E-state index contributed by atoms with van der Waals surface area (Å²) in [5.41, 5.74) is 3.05. The average molecular weight is 537 g/mol. The fraction of sp³-hybridized carbons (Fsp3) is 0.567. The number of carboxylic acid groups (broad SMARTS) is 1. The average Bonchev–Trinajstić information content (AvgIpc) is 3.35. The first-order valence-electron chi connectivity index (χ1n) is 14.1. The fourth-order valence-corrected chi connectivity index (χ4v) is 6.14. The highest BCUT2D eigenvalue weighted by Gasteiger charge is 2.55. The van der Waals surface area contributed by atoms with E-state index < -0.39 is 6.09 Å². The van der Waals surface area contributed by atoms with Gasteiger partial charge in [-0.2, -0.15) is 0 Å². The Labute approximate surface area is 230 Å². The van der Waals surface area contributed by atoms with Crippen molar-refractivity contribution in [2.24, 2.45) is 11.8 Å². The van der Waals surface area contributed by atoms with Crippen LogP contribution in [-0.4, -0.2) is 72.5 Å². The Balaban J connectivity index is 1.10. The minimum Gasteiger partial charge on any atom is -0.491 e. The summed E-state index contributed by atoms with van der Waals surface area (Å²) >= 11 is 0. The molecule has 210 valence electrons. The molecule has 1 unspecified atom stereocenters. The number of nitrogens with zero attached hydrogens (tertiary/aromatic N) is 3. The van der Waals surface area contributed by atoms with Gasteiger partial charge in [0.05, 0.1) is 19.6 Å². The van der Waals surface area contributed by atoms with E-state index in [2.05, 4.69) is 16.3 Å². The molecule has 9 heteroatoms. The molecule has 0 spiro atoms. The number of carbonyl (C=O) groups excluding carboxylic acids is 1. The molecule has 5 rings (SSSR count). The molecular weight excluding hydrogens is 496 g/mol. The highest BCUT2D eigenvalue weighted by molar-refractivity contribution is 5.86. The number of hydrogen-bond donors (Lipinski definition) is 2. The fourth-order valence-electron chi connectivity index (χ4n) is 6.14. The summed E-state index contributed by atoms with van der Waals surface area (Å²) in [5.74, 6) is 2.42. The molecule has 0 radical (unpaired) electrons. The normalized spacial score (nSPS) is 22.8. The molecule has 1 saturated carbocycles. The van der Waals surface area contributed by atoms with Crippen LogP contribution in [0.4, 0.5) is 10.6 Å². The molecule has 1 aromatic carbocycles. The van der Waals surface area contributed by atoms with Gasteiger partial charge in [0.15, 0.2) is 0 Å². The maximum absolute atomic E-state index is 12.1. The summed E-state index contributed by atoms with van der Waals surface area (Å²) in [4.78, 5) is 32.3. The Bertz CT molecular complexity index is 1160. The molecular formula is C30H40N4O5. The highest BCUT2D eigenvalue weighted by Crippen LogP contribution is 2.47. The minimum absolute atomic E-state index is 0.0879. The van der Waals surface area contributed by atoms with E-state index in [0.29, 0.717) is 36.7 Å². The number of ether oxygens (including phenoxy) is 2. The van der Waals surface area contributed by atoms with Crippen LogP contribution in [0.3, 0.4) is 0 Å². The number of piperidine rings is 1. The smallest absolute Gasteiger partial charge is 0.413 e. The van der Waals surface area contributed by atoms with Gasteiger partial charge in [-0.15, -0.1) is 0 Å². The molecule has 1 aliphatic carbocycles. The van der Waals surface area contributed by atoms with Gasteiger partial charge in [0.2, 0.25) is 0 Å². The van der Waals surface area contributed by atoms with Gasteiger partial charge in [0, 0.05) is 37.4 Å². The summed E-state index contributed by atoms with van der Waals surface area (Å²) < 4.78 is 10.7. The van der Waals surface area contributed by atoms with E-state index in [4.69, 9.17) is 14.5 Å². The van der Waals surface area contributed by atoms with E-state index in [1.807, 2.05) is 44.2 Å². The molecule has 1 aromatic heterocycles. The van der Waals surface area contributed by atoms with Gasteiger partial charge in [-0.3, -0.25) is 9.69 Å². The van der Waals surface area contributed by atoms with Crippen molar-refractivity contribution in [2.75, 3.05) is 38.2 Å². The van der Waals surface area contributed by atoms with Crippen molar-refractivity contribution in [3.63, 3.8) is 0 Å². The number of carbonyl (C=O) groups is 2. The van der Waals surface area contributed by atoms with E-state index in [1.54, 1.807) is 0 Å². The molecule has 39 heavy (non-hydrogen) atoms. The Morgan fingerprint density at radius 1 is 1.13 bits per heavy atom. The number of anilines is 1. The topological polar surface area (TPSA) is 104 Å². The molecule has 2 fully saturated rings. The number of hydrogen-bond acceptors (Lipinski definition) is 7.